The van der Waals surface area contributed by atoms with Gasteiger partial charge in [0.1, 0.15) is 12.4 Å². The molecule has 0 spiro atoms. The highest BCUT2D eigenvalue weighted by molar-refractivity contribution is 5.73. The Morgan fingerprint density at radius 1 is 1.57 bits per heavy atom. The molecule has 3 N–H and O–H groups in total. The predicted octanol–water partition coefficient (Wildman–Crippen LogP) is 1.08. The van der Waals surface area contributed by atoms with Crippen LogP contribution in [0, 0.1) is 0 Å². The quantitative estimate of drug-likeness (QED) is 0.762. The van der Waals surface area contributed by atoms with Crippen LogP contribution in [0.5, 0.6) is 0 Å². The summed E-state index contributed by atoms with van der Waals surface area (Å²) >= 11 is 0. The summed E-state index contributed by atoms with van der Waals surface area (Å²) in [6, 6.07) is 1.81. The Hall–Kier alpha value is -1.62. The van der Waals surface area contributed by atoms with E-state index in [2.05, 4.69) is 15.0 Å². The van der Waals surface area contributed by atoms with Gasteiger partial charge in [-0.25, -0.2) is 9.97 Å². The zero-order valence-electron chi connectivity index (χ0n) is 7.95. The van der Waals surface area contributed by atoms with Crippen molar-refractivity contribution in [2.45, 2.75) is 13.5 Å². The van der Waals surface area contributed by atoms with Gasteiger partial charge in [0.2, 0.25) is 0 Å². The Balaban J connectivity index is 2.32. The van der Waals surface area contributed by atoms with E-state index >= 15 is 0 Å². The normalized spacial score (nSPS) is 10.9. The van der Waals surface area contributed by atoms with Gasteiger partial charge in [-0.3, -0.25) is 0 Å². The summed E-state index contributed by atoms with van der Waals surface area (Å²) in [5.41, 5.74) is 7.74. The van der Waals surface area contributed by atoms with Crippen LogP contribution in [0.1, 0.15) is 12.7 Å². The third kappa shape index (κ3) is 1.67. The summed E-state index contributed by atoms with van der Waals surface area (Å²) in [7, 11) is 0. The predicted molar refractivity (Wildman–Crippen MR) is 53.6 cm³/mol. The largest absolute Gasteiger partial charge is 0.397 e. The maximum atomic E-state index is 5.59. The second kappa shape index (κ2) is 3.63. The van der Waals surface area contributed by atoms with E-state index in [1.54, 1.807) is 6.20 Å². The minimum Gasteiger partial charge on any atom is -0.397 e. The smallest absolute Gasteiger partial charge is 0.177 e. The van der Waals surface area contributed by atoms with Crippen molar-refractivity contribution < 1.29 is 4.74 Å². The lowest BCUT2D eigenvalue weighted by Crippen LogP contribution is -1.93. The van der Waals surface area contributed by atoms with Crippen LogP contribution in [0.15, 0.2) is 12.3 Å². The lowest BCUT2D eigenvalue weighted by atomic mass is 10.4. The average Bonchev–Trinajstić information content (AvgIpc) is 2.56. The zero-order chi connectivity index (χ0) is 9.97. The minimum atomic E-state index is 0.479. The third-order valence-corrected chi connectivity index (χ3v) is 1.85. The Morgan fingerprint density at radius 3 is 3.21 bits per heavy atom. The molecular weight excluding hydrogens is 180 g/mol. The Labute approximate surface area is 81.3 Å². The molecule has 0 aliphatic heterocycles. The summed E-state index contributed by atoms with van der Waals surface area (Å²) in [5.74, 6) is 0.778. The number of pyridine rings is 1. The van der Waals surface area contributed by atoms with Gasteiger partial charge in [0, 0.05) is 6.61 Å². The Kier molecular flexibility index (Phi) is 2.32. The van der Waals surface area contributed by atoms with Gasteiger partial charge in [-0.1, -0.05) is 0 Å². The third-order valence-electron chi connectivity index (χ3n) is 1.85. The van der Waals surface area contributed by atoms with E-state index in [4.69, 9.17) is 10.5 Å². The van der Waals surface area contributed by atoms with Gasteiger partial charge < -0.3 is 15.5 Å². The van der Waals surface area contributed by atoms with E-state index < -0.39 is 0 Å². The molecule has 0 bridgehead atoms. The Morgan fingerprint density at radius 2 is 2.43 bits per heavy atom. The summed E-state index contributed by atoms with van der Waals surface area (Å²) in [6.45, 7) is 3.10. The minimum absolute atomic E-state index is 0.479. The van der Waals surface area contributed by atoms with Crippen molar-refractivity contribution in [3.63, 3.8) is 0 Å². The van der Waals surface area contributed by atoms with Crippen LogP contribution < -0.4 is 5.73 Å². The zero-order valence-corrected chi connectivity index (χ0v) is 7.95. The molecular formula is C9H12N4O. The molecule has 2 aromatic heterocycles. The molecule has 0 unspecified atom stereocenters. The first-order chi connectivity index (χ1) is 6.79. The number of nitrogen functional groups attached to an aromatic ring is 1. The molecule has 0 atom stereocenters. The number of imidazole rings is 1. The molecule has 0 amide bonds. The van der Waals surface area contributed by atoms with Crippen molar-refractivity contribution in [2.75, 3.05) is 12.3 Å². The van der Waals surface area contributed by atoms with Crippen molar-refractivity contribution in [1.29, 1.82) is 0 Å². The molecule has 0 aliphatic rings. The van der Waals surface area contributed by atoms with Crippen molar-refractivity contribution in [1.82, 2.24) is 15.0 Å². The molecule has 14 heavy (non-hydrogen) atoms. The maximum absolute atomic E-state index is 5.59. The maximum Gasteiger partial charge on any atom is 0.177 e. The number of rotatable bonds is 3. The van der Waals surface area contributed by atoms with Gasteiger partial charge in [-0.15, -0.1) is 0 Å². The number of aromatic nitrogens is 3. The molecule has 0 fully saturated rings. The molecule has 0 saturated carbocycles. The summed E-state index contributed by atoms with van der Waals surface area (Å²) in [6.07, 6.45) is 1.59. The number of hydrogen-bond donors (Lipinski definition) is 2. The fourth-order valence-corrected chi connectivity index (χ4v) is 1.23. The van der Waals surface area contributed by atoms with E-state index in [1.165, 1.54) is 0 Å². The van der Waals surface area contributed by atoms with Crippen molar-refractivity contribution in [2.24, 2.45) is 0 Å². The van der Waals surface area contributed by atoms with Crippen LogP contribution in [0.3, 0.4) is 0 Å². The summed E-state index contributed by atoms with van der Waals surface area (Å²) in [4.78, 5) is 11.4. The second-order valence-electron chi connectivity index (χ2n) is 2.96. The first-order valence-electron chi connectivity index (χ1n) is 4.47. The first-order valence-corrected chi connectivity index (χ1v) is 4.47. The second-order valence-corrected chi connectivity index (χ2v) is 2.96. The van der Waals surface area contributed by atoms with Gasteiger partial charge in [0.25, 0.3) is 0 Å². The number of anilines is 1. The summed E-state index contributed by atoms with van der Waals surface area (Å²) < 4.78 is 5.23. The van der Waals surface area contributed by atoms with E-state index in [0.29, 0.717) is 24.5 Å². The van der Waals surface area contributed by atoms with Crippen LogP contribution >= 0.6 is 0 Å². The van der Waals surface area contributed by atoms with E-state index in [1.807, 2.05) is 13.0 Å². The SMILES string of the molecule is CCOCc1nc2ncc(N)cc2[nH]1. The van der Waals surface area contributed by atoms with Crippen molar-refractivity contribution in [3.8, 4) is 0 Å². The molecule has 2 heterocycles. The fraction of sp³-hybridized carbons (Fsp3) is 0.333. The van der Waals surface area contributed by atoms with Gasteiger partial charge in [0.15, 0.2) is 5.65 Å². The number of hydrogen-bond acceptors (Lipinski definition) is 4. The molecule has 0 aromatic carbocycles. The standard InChI is InChI=1S/C9H12N4O/c1-2-14-5-8-12-7-3-6(10)4-11-9(7)13-8/h3-4H,2,5,10H2,1H3,(H,11,12,13). The van der Waals surface area contributed by atoms with Gasteiger partial charge in [-0.2, -0.15) is 0 Å². The van der Waals surface area contributed by atoms with Gasteiger partial charge in [0.05, 0.1) is 17.4 Å². The highest BCUT2D eigenvalue weighted by Gasteiger charge is 2.03. The lowest BCUT2D eigenvalue weighted by Gasteiger charge is -1.94. The first kappa shape index (κ1) is 8.96. The van der Waals surface area contributed by atoms with E-state index in [0.717, 1.165) is 11.3 Å². The van der Waals surface area contributed by atoms with Gasteiger partial charge >= 0.3 is 0 Å². The van der Waals surface area contributed by atoms with Gasteiger partial charge in [-0.05, 0) is 13.0 Å². The number of nitrogens with two attached hydrogens (primary N) is 1. The van der Waals surface area contributed by atoms with Crippen LogP contribution in [0.4, 0.5) is 5.69 Å². The molecule has 2 aromatic rings. The number of aromatic amines is 1. The van der Waals surface area contributed by atoms with E-state index in [9.17, 15) is 0 Å². The van der Waals surface area contributed by atoms with E-state index in [-0.39, 0.29) is 0 Å². The van der Waals surface area contributed by atoms with Crippen LogP contribution in [0.25, 0.3) is 11.2 Å². The summed E-state index contributed by atoms with van der Waals surface area (Å²) in [5, 5.41) is 0. The molecule has 0 saturated heterocycles. The van der Waals surface area contributed by atoms with Crippen LogP contribution in [-0.4, -0.2) is 21.6 Å². The van der Waals surface area contributed by atoms with Crippen molar-refractivity contribution >= 4 is 16.9 Å². The molecule has 2 rings (SSSR count). The van der Waals surface area contributed by atoms with Crippen LogP contribution in [0.2, 0.25) is 0 Å². The van der Waals surface area contributed by atoms with Crippen LogP contribution in [-0.2, 0) is 11.3 Å². The molecule has 74 valence electrons. The highest BCUT2D eigenvalue weighted by Crippen LogP contribution is 2.12. The van der Waals surface area contributed by atoms with Crippen molar-refractivity contribution in [3.05, 3.63) is 18.1 Å². The number of ether oxygens (including phenoxy) is 1. The number of fused-ring (bicyclic) bond motifs is 1. The molecule has 0 aliphatic carbocycles. The average molecular weight is 192 g/mol. The molecule has 0 radical (unpaired) electrons. The number of nitrogens with one attached hydrogen (secondary N) is 1. The molecule has 5 nitrogen and oxygen atoms in total. The fourth-order valence-electron chi connectivity index (χ4n) is 1.23. The Bertz CT molecular complexity index is 437. The highest BCUT2D eigenvalue weighted by atomic mass is 16.5. The topological polar surface area (TPSA) is 76.8 Å². The monoisotopic (exact) mass is 192 g/mol. The number of nitrogens with zero attached hydrogens (tertiary/aromatic N) is 2. The lowest BCUT2D eigenvalue weighted by molar-refractivity contribution is 0.129. The molecule has 5 heteroatoms. The number of H-pyrrole nitrogens is 1.